The van der Waals surface area contributed by atoms with Crippen LogP contribution in [0.3, 0.4) is 0 Å². The van der Waals surface area contributed by atoms with Gasteiger partial charge >= 0.3 is 6.09 Å². The van der Waals surface area contributed by atoms with Crippen LogP contribution in [0.5, 0.6) is 0 Å². The van der Waals surface area contributed by atoms with Gasteiger partial charge in [0.1, 0.15) is 11.4 Å². The Morgan fingerprint density at radius 2 is 2.06 bits per heavy atom. The summed E-state index contributed by atoms with van der Waals surface area (Å²) in [6.45, 7) is 5.22. The van der Waals surface area contributed by atoms with Gasteiger partial charge in [-0.05, 0) is 48.8 Å². The minimum Gasteiger partial charge on any atom is -0.444 e. The van der Waals surface area contributed by atoms with Crippen molar-refractivity contribution in [3.63, 3.8) is 0 Å². The summed E-state index contributed by atoms with van der Waals surface area (Å²) in [7, 11) is 0. The van der Waals surface area contributed by atoms with Gasteiger partial charge in [-0.15, -0.1) is 0 Å². The van der Waals surface area contributed by atoms with Crippen molar-refractivity contribution >= 4 is 27.7 Å². The van der Waals surface area contributed by atoms with E-state index in [-0.39, 0.29) is 5.69 Å². The zero-order valence-electron chi connectivity index (χ0n) is 9.30. The highest BCUT2D eigenvalue weighted by atomic mass is 79.9. The SMILES string of the molecule is CC(C)(C)OC(=O)Nc1c(F)cccc1Br. The molecule has 5 heteroatoms. The number of amides is 1. The normalized spacial score (nSPS) is 11.1. The van der Waals surface area contributed by atoms with Crippen molar-refractivity contribution in [2.24, 2.45) is 0 Å². The van der Waals surface area contributed by atoms with Crippen LogP contribution in [0.2, 0.25) is 0 Å². The molecule has 16 heavy (non-hydrogen) atoms. The fourth-order valence-electron chi connectivity index (χ4n) is 1.02. The van der Waals surface area contributed by atoms with Crippen LogP contribution in [0, 0.1) is 5.82 Å². The van der Waals surface area contributed by atoms with Gasteiger partial charge in [0.05, 0.1) is 5.69 Å². The van der Waals surface area contributed by atoms with Crippen LogP contribution in [-0.2, 0) is 4.74 Å². The summed E-state index contributed by atoms with van der Waals surface area (Å²) < 4.78 is 18.8. The molecule has 0 aliphatic carbocycles. The second-order valence-electron chi connectivity index (χ2n) is 4.22. The molecule has 1 N–H and O–H groups in total. The van der Waals surface area contributed by atoms with Crippen LogP contribution in [-0.4, -0.2) is 11.7 Å². The Morgan fingerprint density at radius 1 is 1.44 bits per heavy atom. The topological polar surface area (TPSA) is 38.3 Å². The Bertz CT molecular complexity index is 381. The Labute approximate surface area is 102 Å². The largest absolute Gasteiger partial charge is 0.444 e. The summed E-state index contributed by atoms with van der Waals surface area (Å²) in [6.07, 6.45) is -0.682. The molecule has 0 radical (unpaired) electrons. The van der Waals surface area contributed by atoms with E-state index >= 15 is 0 Å². The lowest BCUT2D eigenvalue weighted by molar-refractivity contribution is 0.0635. The number of benzene rings is 1. The van der Waals surface area contributed by atoms with E-state index in [1.165, 1.54) is 6.07 Å². The van der Waals surface area contributed by atoms with E-state index in [0.717, 1.165) is 0 Å². The summed E-state index contributed by atoms with van der Waals surface area (Å²) in [5, 5.41) is 2.35. The van der Waals surface area contributed by atoms with Gasteiger partial charge in [0.25, 0.3) is 0 Å². The molecule has 0 saturated heterocycles. The van der Waals surface area contributed by atoms with Crippen molar-refractivity contribution < 1.29 is 13.9 Å². The molecule has 1 aromatic rings. The quantitative estimate of drug-likeness (QED) is 0.850. The molecule has 0 aliphatic heterocycles. The highest BCUT2D eigenvalue weighted by Gasteiger charge is 2.18. The maximum absolute atomic E-state index is 13.3. The molecule has 0 fully saturated rings. The van der Waals surface area contributed by atoms with Crippen molar-refractivity contribution in [2.45, 2.75) is 26.4 Å². The van der Waals surface area contributed by atoms with Crippen LogP contribution >= 0.6 is 15.9 Å². The first-order valence-corrected chi connectivity index (χ1v) is 5.53. The lowest BCUT2D eigenvalue weighted by Gasteiger charge is -2.20. The number of para-hydroxylation sites is 1. The van der Waals surface area contributed by atoms with Crippen molar-refractivity contribution in [1.82, 2.24) is 0 Å². The third kappa shape index (κ3) is 3.81. The smallest absolute Gasteiger partial charge is 0.412 e. The molecule has 0 aromatic heterocycles. The Balaban J connectivity index is 2.78. The van der Waals surface area contributed by atoms with E-state index in [9.17, 15) is 9.18 Å². The number of hydrogen-bond donors (Lipinski definition) is 1. The molecule has 1 aromatic carbocycles. The van der Waals surface area contributed by atoms with Crippen LogP contribution < -0.4 is 5.32 Å². The lowest BCUT2D eigenvalue weighted by atomic mass is 10.2. The maximum Gasteiger partial charge on any atom is 0.412 e. The standard InChI is InChI=1S/C11H13BrFNO2/c1-11(2,3)16-10(15)14-9-7(12)5-4-6-8(9)13/h4-6H,1-3H3,(H,14,15). The summed E-state index contributed by atoms with van der Waals surface area (Å²) in [4.78, 5) is 11.4. The Kier molecular flexibility index (Phi) is 3.91. The molecular weight excluding hydrogens is 277 g/mol. The van der Waals surface area contributed by atoms with Crippen LogP contribution in [0.1, 0.15) is 20.8 Å². The fraction of sp³-hybridized carbons (Fsp3) is 0.364. The third-order valence-electron chi connectivity index (χ3n) is 1.59. The van der Waals surface area contributed by atoms with Gasteiger partial charge < -0.3 is 4.74 Å². The van der Waals surface area contributed by atoms with Gasteiger partial charge in [0.15, 0.2) is 0 Å². The summed E-state index contributed by atoms with van der Waals surface area (Å²) in [5.74, 6) is -0.514. The second kappa shape index (κ2) is 4.82. The molecule has 0 spiro atoms. The molecule has 3 nitrogen and oxygen atoms in total. The predicted octanol–water partition coefficient (Wildman–Crippen LogP) is 3.94. The molecule has 0 aliphatic rings. The van der Waals surface area contributed by atoms with Gasteiger partial charge in [-0.25, -0.2) is 9.18 Å². The zero-order valence-corrected chi connectivity index (χ0v) is 10.9. The number of carbonyl (C=O) groups is 1. The molecule has 0 saturated carbocycles. The van der Waals surface area contributed by atoms with E-state index in [4.69, 9.17) is 4.74 Å². The van der Waals surface area contributed by atoms with Crippen LogP contribution in [0.15, 0.2) is 22.7 Å². The first-order chi connectivity index (χ1) is 7.29. The predicted molar refractivity (Wildman–Crippen MR) is 64.0 cm³/mol. The molecule has 0 bridgehead atoms. The van der Waals surface area contributed by atoms with Crippen LogP contribution in [0.4, 0.5) is 14.9 Å². The Morgan fingerprint density at radius 3 is 2.56 bits per heavy atom. The first-order valence-electron chi connectivity index (χ1n) is 4.73. The van der Waals surface area contributed by atoms with Crippen molar-refractivity contribution in [3.8, 4) is 0 Å². The number of rotatable bonds is 1. The summed E-state index contributed by atoms with van der Waals surface area (Å²) in [6, 6.07) is 4.44. The molecule has 1 rings (SSSR count). The molecular formula is C11H13BrFNO2. The molecule has 0 unspecified atom stereocenters. The summed E-state index contributed by atoms with van der Waals surface area (Å²) >= 11 is 3.14. The van der Waals surface area contributed by atoms with Crippen molar-refractivity contribution in [1.29, 1.82) is 0 Å². The second-order valence-corrected chi connectivity index (χ2v) is 5.08. The molecule has 88 valence electrons. The highest BCUT2D eigenvalue weighted by Crippen LogP contribution is 2.25. The molecule has 1 amide bonds. The van der Waals surface area contributed by atoms with E-state index in [1.807, 2.05) is 0 Å². The lowest BCUT2D eigenvalue weighted by Crippen LogP contribution is -2.27. The first kappa shape index (κ1) is 13.0. The Hall–Kier alpha value is -1.10. The minimum absolute atomic E-state index is 0.0803. The highest BCUT2D eigenvalue weighted by molar-refractivity contribution is 9.10. The zero-order chi connectivity index (χ0) is 12.3. The number of halogens is 2. The maximum atomic E-state index is 13.3. The van der Waals surface area contributed by atoms with Gasteiger partial charge in [-0.1, -0.05) is 6.07 Å². The third-order valence-corrected chi connectivity index (χ3v) is 2.25. The molecule has 0 atom stereocenters. The van der Waals surface area contributed by atoms with Crippen molar-refractivity contribution in [2.75, 3.05) is 5.32 Å². The van der Waals surface area contributed by atoms with E-state index < -0.39 is 17.5 Å². The number of anilines is 1. The van der Waals surface area contributed by atoms with E-state index in [2.05, 4.69) is 21.2 Å². The minimum atomic E-state index is -0.682. The monoisotopic (exact) mass is 289 g/mol. The van der Waals surface area contributed by atoms with Gasteiger partial charge in [0.2, 0.25) is 0 Å². The number of nitrogens with one attached hydrogen (secondary N) is 1. The van der Waals surface area contributed by atoms with Crippen LogP contribution in [0.25, 0.3) is 0 Å². The average molecular weight is 290 g/mol. The van der Waals surface area contributed by atoms with E-state index in [1.54, 1.807) is 32.9 Å². The number of hydrogen-bond acceptors (Lipinski definition) is 2. The summed E-state index contributed by atoms with van der Waals surface area (Å²) in [5.41, 5.74) is -0.529. The van der Waals surface area contributed by atoms with Gasteiger partial charge in [0, 0.05) is 4.47 Å². The van der Waals surface area contributed by atoms with Gasteiger partial charge in [-0.3, -0.25) is 5.32 Å². The average Bonchev–Trinajstić information content (AvgIpc) is 2.08. The van der Waals surface area contributed by atoms with Gasteiger partial charge in [-0.2, -0.15) is 0 Å². The number of ether oxygens (including phenoxy) is 1. The van der Waals surface area contributed by atoms with E-state index in [0.29, 0.717) is 4.47 Å². The molecule has 0 heterocycles. The van der Waals surface area contributed by atoms with Crippen molar-refractivity contribution in [3.05, 3.63) is 28.5 Å². The fourth-order valence-corrected chi connectivity index (χ4v) is 1.46. The number of carbonyl (C=O) groups excluding carboxylic acids is 1.